The summed E-state index contributed by atoms with van der Waals surface area (Å²) in [4.78, 5) is 23.6. The Morgan fingerprint density at radius 1 is 1.32 bits per heavy atom. The topological polar surface area (TPSA) is 66.4 Å². The van der Waals surface area contributed by atoms with E-state index in [-0.39, 0.29) is 23.7 Å². The van der Waals surface area contributed by atoms with Crippen molar-refractivity contribution < 1.29 is 14.7 Å². The highest BCUT2D eigenvalue weighted by molar-refractivity contribution is 5.80. The SMILES string of the molecule is CC1(C)CCCC(C(=O)NC(CC(=O)O)c2ccccc2)C1. The number of amides is 1. The second-order valence-corrected chi connectivity index (χ2v) is 7.03. The second-order valence-electron chi connectivity index (χ2n) is 7.03. The molecule has 0 radical (unpaired) electrons. The van der Waals surface area contributed by atoms with E-state index >= 15 is 0 Å². The van der Waals surface area contributed by atoms with E-state index in [0.717, 1.165) is 31.2 Å². The van der Waals surface area contributed by atoms with E-state index in [1.54, 1.807) is 0 Å². The molecule has 1 aromatic rings. The quantitative estimate of drug-likeness (QED) is 0.874. The number of carbonyl (C=O) groups is 2. The summed E-state index contributed by atoms with van der Waals surface area (Å²) < 4.78 is 0. The van der Waals surface area contributed by atoms with Crippen LogP contribution in [0, 0.1) is 11.3 Å². The van der Waals surface area contributed by atoms with Crippen LogP contribution in [0.3, 0.4) is 0 Å². The molecule has 0 aromatic heterocycles. The molecule has 1 aliphatic rings. The highest BCUT2D eigenvalue weighted by atomic mass is 16.4. The van der Waals surface area contributed by atoms with Gasteiger partial charge in [0.2, 0.25) is 5.91 Å². The highest BCUT2D eigenvalue weighted by Gasteiger charge is 2.33. The summed E-state index contributed by atoms with van der Waals surface area (Å²) in [7, 11) is 0. The minimum atomic E-state index is -0.905. The van der Waals surface area contributed by atoms with Crippen LogP contribution in [-0.4, -0.2) is 17.0 Å². The molecule has 0 aliphatic heterocycles. The van der Waals surface area contributed by atoms with Crippen molar-refractivity contribution in [1.82, 2.24) is 5.32 Å². The zero-order valence-corrected chi connectivity index (χ0v) is 13.3. The van der Waals surface area contributed by atoms with Crippen molar-refractivity contribution >= 4 is 11.9 Å². The van der Waals surface area contributed by atoms with Gasteiger partial charge < -0.3 is 10.4 Å². The molecule has 0 saturated heterocycles. The van der Waals surface area contributed by atoms with E-state index in [2.05, 4.69) is 19.2 Å². The van der Waals surface area contributed by atoms with Gasteiger partial charge in [0.25, 0.3) is 0 Å². The monoisotopic (exact) mass is 303 g/mol. The summed E-state index contributed by atoms with van der Waals surface area (Å²) >= 11 is 0. The Hall–Kier alpha value is -1.84. The molecule has 120 valence electrons. The van der Waals surface area contributed by atoms with Gasteiger partial charge >= 0.3 is 5.97 Å². The standard InChI is InChI=1S/C18H25NO3/c1-18(2)10-6-9-14(12-18)17(22)19-15(11-16(20)21)13-7-4-3-5-8-13/h3-5,7-8,14-15H,6,9-12H2,1-2H3,(H,19,22)(H,20,21). The molecule has 0 spiro atoms. The van der Waals surface area contributed by atoms with Crippen LogP contribution in [0.2, 0.25) is 0 Å². The van der Waals surface area contributed by atoms with Gasteiger partial charge in [0.05, 0.1) is 12.5 Å². The molecule has 1 aliphatic carbocycles. The smallest absolute Gasteiger partial charge is 0.305 e. The first-order chi connectivity index (χ1) is 10.4. The number of nitrogens with one attached hydrogen (secondary N) is 1. The number of benzene rings is 1. The summed E-state index contributed by atoms with van der Waals surface area (Å²) in [5, 5.41) is 12.1. The normalized spacial score (nSPS) is 21.8. The lowest BCUT2D eigenvalue weighted by molar-refractivity contribution is -0.138. The lowest BCUT2D eigenvalue weighted by Crippen LogP contribution is -2.38. The lowest BCUT2D eigenvalue weighted by atomic mass is 9.72. The van der Waals surface area contributed by atoms with Crippen molar-refractivity contribution in [1.29, 1.82) is 0 Å². The summed E-state index contributed by atoms with van der Waals surface area (Å²) in [6, 6.07) is 8.86. The Morgan fingerprint density at radius 3 is 2.59 bits per heavy atom. The molecule has 0 bridgehead atoms. The predicted molar refractivity (Wildman–Crippen MR) is 85.3 cm³/mol. The fourth-order valence-electron chi connectivity index (χ4n) is 3.32. The molecule has 0 heterocycles. The minimum Gasteiger partial charge on any atom is -0.481 e. The molecular weight excluding hydrogens is 278 g/mol. The molecule has 4 nitrogen and oxygen atoms in total. The van der Waals surface area contributed by atoms with Gasteiger partial charge in [-0.3, -0.25) is 9.59 Å². The van der Waals surface area contributed by atoms with Gasteiger partial charge in [-0.15, -0.1) is 0 Å². The summed E-state index contributed by atoms with van der Waals surface area (Å²) in [6.45, 7) is 4.39. The maximum absolute atomic E-state index is 12.5. The third kappa shape index (κ3) is 4.58. The number of carboxylic acids is 1. The van der Waals surface area contributed by atoms with Crippen molar-refractivity contribution in [2.45, 2.75) is 52.0 Å². The van der Waals surface area contributed by atoms with E-state index in [1.807, 2.05) is 30.3 Å². The molecule has 2 rings (SSSR count). The average Bonchev–Trinajstić information content (AvgIpc) is 2.46. The van der Waals surface area contributed by atoms with Crippen LogP contribution >= 0.6 is 0 Å². The zero-order chi connectivity index (χ0) is 16.2. The van der Waals surface area contributed by atoms with Gasteiger partial charge in [0.1, 0.15) is 0 Å². The Kier molecular flexibility index (Phi) is 5.22. The Labute approximate surface area is 131 Å². The Balaban J connectivity index is 2.06. The second kappa shape index (κ2) is 6.95. The minimum absolute atomic E-state index is 0.0104. The lowest BCUT2D eigenvalue weighted by Gasteiger charge is -2.35. The van der Waals surface area contributed by atoms with Gasteiger partial charge in [-0.05, 0) is 30.2 Å². The molecule has 1 amide bonds. The van der Waals surface area contributed by atoms with Crippen LogP contribution in [0.1, 0.15) is 57.6 Å². The number of carbonyl (C=O) groups excluding carboxylic acids is 1. The van der Waals surface area contributed by atoms with Gasteiger partial charge in [0, 0.05) is 5.92 Å². The van der Waals surface area contributed by atoms with E-state index in [9.17, 15) is 9.59 Å². The van der Waals surface area contributed by atoms with Gasteiger partial charge in [-0.1, -0.05) is 50.6 Å². The molecule has 2 atom stereocenters. The van der Waals surface area contributed by atoms with Crippen LogP contribution in [0.15, 0.2) is 30.3 Å². The molecule has 1 aromatic carbocycles. The Bertz CT molecular complexity index is 524. The fourth-order valence-corrected chi connectivity index (χ4v) is 3.32. The van der Waals surface area contributed by atoms with E-state index in [0.29, 0.717) is 0 Å². The van der Waals surface area contributed by atoms with E-state index in [4.69, 9.17) is 5.11 Å². The van der Waals surface area contributed by atoms with Crippen LogP contribution in [0.4, 0.5) is 0 Å². The largest absolute Gasteiger partial charge is 0.481 e. The number of carboxylic acid groups (broad SMARTS) is 1. The maximum atomic E-state index is 12.5. The summed E-state index contributed by atoms with van der Waals surface area (Å²) in [5.74, 6) is -0.926. The molecule has 1 fully saturated rings. The van der Waals surface area contributed by atoms with E-state index in [1.165, 1.54) is 0 Å². The Morgan fingerprint density at radius 2 is 2.00 bits per heavy atom. The zero-order valence-electron chi connectivity index (χ0n) is 13.3. The van der Waals surface area contributed by atoms with Crippen molar-refractivity contribution in [2.75, 3.05) is 0 Å². The summed E-state index contributed by atoms with van der Waals surface area (Å²) in [6.07, 6.45) is 3.87. The number of hydrogen-bond acceptors (Lipinski definition) is 2. The number of aliphatic carboxylic acids is 1. The molecule has 4 heteroatoms. The number of rotatable bonds is 5. The summed E-state index contributed by atoms with van der Waals surface area (Å²) in [5.41, 5.74) is 1.03. The maximum Gasteiger partial charge on any atom is 0.305 e. The third-order valence-electron chi connectivity index (χ3n) is 4.47. The van der Waals surface area contributed by atoms with Crippen molar-refractivity contribution in [3.63, 3.8) is 0 Å². The van der Waals surface area contributed by atoms with Crippen LogP contribution in [0.5, 0.6) is 0 Å². The van der Waals surface area contributed by atoms with Crippen molar-refractivity contribution in [2.24, 2.45) is 11.3 Å². The van der Waals surface area contributed by atoms with Crippen LogP contribution in [0.25, 0.3) is 0 Å². The fraction of sp³-hybridized carbons (Fsp3) is 0.556. The van der Waals surface area contributed by atoms with Crippen molar-refractivity contribution in [3.05, 3.63) is 35.9 Å². The van der Waals surface area contributed by atoms with Gasteiger partial charge in [-0.25, -0.2) is 0 Å². The molecule has 2 N–H and O–H groups in total. The first-order valence-corrected chi connectivity index (χ1v) is 7.94. The molecule has 22 heavy (non-hydrogen) atoms. The van der Waals surface area contributed by atoms with Crippen LogP contribution < -0.4 is 5.32 Å². The first-order valence-electron chi connectivity index (χ1n) is 7.94. The van der Waals surface area contributed by atoms with Gasteiger partial charge in [0.15, 0.2) is 0 Å². The highest BCUT2D eigenvalue weighted by Crippen LogP contribution is 2.38. The predicted octanol–water partition coefficient (Wildman–Crippen LogP) is 3.54. The molecule has 1 saturated carbocycles. The van der Waals surface area contributed by atoms with Gasteiger partial charge in [-0.2, -0.15) is 0 Å². The van der Waals surface area contributed by atoms with Crippen molar-refractivity contribution in [3.8, 4) is 0 Å². The average molecular weight is 303 g/mol. The molecular formula is C18H25NO3. The third-order valence-corrected chi connectivity index (χ3v) is 4.47. The van der Waals surface area contributed by atoms with E-state index < -0.39 is 12.0 Å². The number of hydrogen-bond donors (Lipinski definition) is 2. The van der Waals surface area contributed by atoms with Crippen LogP contribution in [-0.2, 0) is 9.59 Å². The molecule has 2 unspecified atom stereocenters. The first kappa shape index (κ1) is 16.5.